The van der Waals surface area contributed by atoms with Crippen molar-refractivity contribution in [1.82, 2.24) is 0 Å². The van der Waals surface area contributed by atoms with E-state index in [0.717, 1.165) is 18.8 Å². The molecule has 0 aliphatic rings. The molecular weight excluding hydrogens is 408 g/mol. The average molecular weight is 457 g/mol. The highest BCUT2D eigenvalue weighted by atomic mass is 28.4. The molecule has 2 aromatic carbocycles. The second-order valence-corrected chi connectivity index (χ2v) is 13.1. The van der Waals surface area contributed by atoms with Crippen LogP contribution in [0, 0.1) is 0 Å². The van der Waals surface area contributed by atoms with Gasteiger partial charge in [-0.05, 0) is 31.0 Å². The molecule has 2 nitrogen and oxygen atoms in total. The molecule has 0 radical (unpaired) electrons. The highest BCUT2D eigenvalue weighted by molar-refractivity contribution is 6.65. The van der Waals surface area contributed by atoms with Crippen LogP contribution in [0.25, 0.3) is 10.8 Å². The molecule has 2 aromatic rings. The number of unbranched alkanes of at least 4 members (excludes halogenated alkanes) is 14. The fourth-order valence-electron chi connectivity index (χ4n) is 4.37. The van der Waals surface area contributed by atoms with E-state index in [1.807, 2.05) is 0 Å². The standard InChI is InChI=1S/C29H48O2Si/c1-4-5-6-7-8-9-10-11-12-13-14-15-16-17-20-26-30-32(2,3)31-29-25-21-23-27-22-18-19-24-28(27)29/h18-19,21-25H,4-17,20,26H2,1-3H3. The molecule has 0 N–H and O–H groups in total. The Morgan fingerprint density at radius 2 is 1.09 bits per heavy atom. The van der Waals surface area contributed by atoms with Crippen LogP contribution < -0.4 is 4.43 Å². The first kappa shape index (κ1) is 26.9. The number of rotatable bonds is 19. The van der Waals surface area contributed by atoms with E-state index in [2.05, 4.69) is 62.5 Å². The molecule has 0 saturated carbocycles. The molecule has 0 atom stereocenters. The maximum Gasteiger partial charge on any atom is 0.392 e. The van der Waals surface area contributed by atoms with Gasteiger partial charge in [0.2, 0.25) is 0 Å². The van der Waals surface area contributed by atoms with Crippen molar-refractivity contribution in [3.05, 3.63) is 42.5 Å². The molecule has 0 aliphatic carbocycles. The van der Waals surface area contributed by atoms with Crippen LogP contribution in [-0.4, -0.2) is 15.2 Å². The van der Waals surface area contributed by atoms with Crippen LogP contribution >= 0.6 is 0 Å². The van der Waals surface area contributed by atoms with Crippen molar-refractivity contribution in [2.75, 3.05) is 6.61 Å². The maximum absolute atomic E-state index is 6.36. The van der Waals surface area contributed by atoms with Crippen molar-refractivity contribution < 1.29 is 8.85 Å². The molecule has 0 aliphatic heterocycles. The van der Waals surface area contributed by atoms with Crippen LogP contribution in [0.5, 0.6) is 5.75 Å². The highest BCUT2D eigenvalue weighted by Gasteiger charge is 2.27. The summed E-state index contributed by atoms with van der Waals surface area (Å²) in [5.74, 6) is 0.955. The number of benzene rings is 2. The van der Waals surface area contributed by atoms with Crippen molar-refractivity contribution in [2.24, 2.45) is 0 Å². The first-order chi connectivity index (χ1) is 15.6. The summed E-state index contributed by atoms with van der Waals surface area (Å²) in [4.78, 5) is 0. The Morgan fingerprint density at radius 3 is 1.69 bits per heavy atom. The van der Waals surface area contributed by atoms with E-state index in [-0.39, 0.29) is 0 Å². The summed E-state index contributed by atoms with van der Waals surface area (Å²) in [5.41, 5.74) is 0. The van der Waals surface area contributed by atoms with Crippen molar-refractivity contribution >= 4 is 19.3 Å². The van der Waals surface area contributed by atoms with Gasteiger partial charge in [0.15, 0.2) is 0 Å². The maximum atomic E-state index is 6.36. The Morgan fingerprint density at radius 1 is 0.594 bits per heavy atom. The minimum atomic E-state index is -2.17. The first-order valence-corrected chi connectivity index (χ1v) is 16.2. The summed E-state index contributed by atoms with van der Waals surface area (Å²) >= 11 is 0. The molecule has 0 unspecified atom stereocenters. The van der Waals surface area contributed by atoms with Gasteiger partial charge in [0.1, 0.15) is 5.75 Å². The van der Waals surface area contributed by atoms with Crippen LogP contribution in [0.1, 0.15) is 103 Å². The second-order valence-electron chi connectivity index (χ2n) is 9.78. The number of hydrogen-bond donors (Lipinski definition) is 0. The van der Waals surface area contributed by atoms with Gasteiger partial charge in [-0.3, -0.25) is 0 Å². The zero-order valence-electron chi connectivity index (χ0n) is 21.2. The van der Waals surface area contributed by atoms with Gasteiger partial charge in [0.05, 0.1) is 0 Å². The van der Waals surface area contributed by atoms with Gasteiger partial charge >= 0.3 is 8.56 Å². The monoisotopic (exact) mass is 456 g/mol. The lowest BCUT2D eigenvalue weighted by molar-refractivity contribution is 0.241. The molecule has 3 heteroatoms. The minimum absolute atomic E-state index is 0.822. The van der Waals surface area contributed by atoms with E-state index in [9.17, 15) is 0 Å². The fraction of sp³-hybridized carbons (Fsp3) is 0.655. The van der Waals surface area contributed by atoms with Crippen LogP contribution in [0.3, 0.4) is 0 Å². The summed E-state index contributed by atoms with van der Waals surface area (Å²) in [7, 11) is -2.17. The Labute approximate surface area is 199 Å². The van der Waals surface area contributed by atoms with E-state index < -0.39 is 8.56 Å². The molecule has 180 valence electrons. The SMILES string of the molecule is CCCCCCCCCCCCCCCCCO[Si](C)(C)Oc1cccc2ccccc12. The second kappa shape index (κ2) is 16.3. The summed E-state index contributed by atoms with van der Waals surface area (Å²) < 4.78 is 12.6. The van der Waals surface area contributed by atoms with Gasteiger partial charge < -0.3 is 8.85 Å². The van der Waals surface area contributed by atoms with Gasteiger partial charge in [-0.2, -0.15) is 0 Å². The molecule has 0 aromatic heterocycles. The third-order valence-corrected chi connectivity index (χ3v) is 7.91. The van der Waals surface area contributed by atoms with Crippen LogP contribution in [0.15, 0.2) is 42.5 Å². The van der Waals surface area contributed by atoms with Crippen molar-refractivity contribution in [3.8, 4) is 5.75 Å². The smallest absolute Gasteiger partial charge is 0.392 e. The van der Waals surface area contributed by atoms with Gasteiger partial charge in [-0.15, -0.1) is 0 Å². The molecule has 0 bridgehead atoms. The molecule has 0 saturated heterocycles. The first-order valence-electron chi connectivity index (χ1n) is 13.4. The van der Waals surface area contributed by atoms with Gasteiger partial charge in [0.25, 0.3) is 0 Å². The average Bonchev–Trinajstić information content (AvgIpc) is 2.79. The zero-order chi connectivity index (χ0) is 22.9. The topological polar surface area (TPSA) is 18.5 Å². The summed E-state index contributed by atoms with van der Waals surface area (Å²) in [6.45, 7) is 7.42. The molecular formula is C29H48O2Si. The third kappa shape index (κ3) is 11.5. The van der Waals surface area contributed by atoms with Gasteiger partial charge in [-0.1, -0.05) is 133 Å². The van der Waals surface area contributed by atoms with Crippen LogP contribution in [-0.2, 0) is 4.43 Å². The lowest BCUT2D eigenvalue weighted by Crippen LogP contribution is -2.38. The highest BCUT2D eigenvalue weighted by Crippen LogP contribution is 2.27. The van der Waals surface area contributed by atoms with E-state index in [0.29, 0.717) is 0 Å². The van der Waals surface area contributed by atoms with E-state index in [1.54, 1.807) is 0 Å². The quantitative estimate of drug-likeness (QED) is 0.155. The Bertz CT molecular complexity index is 723. The van der Waals surface area contributed by atoms with E-state index >= 15 is 0 Å². The largest absolute Gasteiger partial charge is 0.520 e. The zero-order valence-corrected chi connectivity index (χ0v) is 22.2. The normalized spacial score (nSPS) is 11.8. The third-order valence-electron chi connectivity index (χ3n) is 6.30. The molecule has 0 fully saturated rings. The summed E-state index contributed by atoms with van der Waals surface area (Å²) in [6, 6.07) is 14.7. The molecule has 2 rings (SSSR count). The number of hydrogen-bond acceptors (Lipinski definition) is 2. The van der Waals surface area contributed by atoms with E-state index in [4.69, 9.17) is 8.85 Å². The summed E-state index contributed by atoms with van der Waals surface area (Å²) in [5, 5.41) is 2.39. The van der Waals surface area contributed by atoms with Crippen LogP contribution in [0.2, 0.25) is 13.1 Å². The van der Waals surface area contributed by atoms with Crippen molar-refractivity contribution in [1.29, 1.82) is 0 Å². The predicted molar refractivity (Wildman–Crippen MR) is 143 cm³/mol. The fourth-order valence-corrected chi connectivity index (χ4v) is 5.77. The lowest BCUT2D eigenvalue weighted by atomic mass is 10.0. The Balaban J connectivity index is 1.44. The lowest BCUT2D eigenvalue weighted by Gasteiger charge is -2.24. The molecule has 0 heterocycles. The van der Waals surface area contributed by atoms with E-state index in [1.165, 1.54) is 101 Å². The molecule has 0 spiro atoms. The van der Waals surface area contributed by atoms with Crippen molar-refractivity contribution in [3.63, 3.8) is 0 Å². The van der Waals surface area contributed by atoms with Gasteiger partial charge in [0, 0.05) is 12.0 Å². The van der Waals surface area contributed by atoms with Crippen LogP contribution in [0.4, 0.5) is 0 Å². The van der Waals surface area contributed by atoms with Gasteiger partial charge in [-0.25, -0.2) is 0 Å². The minimum Gasteiger partial charge on any atom is -0.520 e. The Kier molecular flexibility index (Phi) is 13.7. The predicted octanol–water partition coefficient (Wildman–Crippen LogP) is 9.81. The molecule has 32 heavy (non-hydrogen) atoms. The summed E-state index contributed by atoms with van der Waals surface area (Å²) in [6.07, 6.45) is 20.9. The van der Waals surface area contributed by atoms with Crippen molar-refractivity contribution in [2.45, 2.75) is 116 Å². The molecule has 0 amide bonds. The Hall–Kier alpha value is -1.32. The number of fused-ring (bicyclic) bond motifs is 1.